The summed E-state index contributed by atoms with van der Waals surface area (Å²) in [5.41, 5.74) is -0.253. The van der Waals surface area contributed by atoms with Crippen molar-refractivity contribution >= 4 is 39.0 Å². The largest absolute Gasteiger partial charge is 0.477 e. The van der Waals surface area contributed by atoms with Gasteiger partial charge in [-0.15, -0.1) is 11.3 Å². The Bertz CT molecular complexity index is 561. The zero-order valence-electron chi connectivity index (χ0n) is 7.73. The lowest BCUT2D eigenvalue weighted by molar-refractivity contribution is 0.0687. The average Bonchev–Trinajstić information content (AvgIpc) is 2.84. The smallest absolute Gasteiger partial charge is 0.354 e. The Balaban J connectivity index is 2.41. The van der Waals surface area contributed by atoms with Gasteiger partial charge < -0.3 is 10.1 Å². The second kappa shape index (κ2) is 4.18. The number of nitrogens with zero attached hydrogens (tertiary/aromatic N) is 1. The molecule has 7 heteroatoms. The molecule has 0 aromatic carbocycles. The molecule has 0 bridgehead atoms. The highest BCUT2D eigenvalue weighted by Gasteiger charge is 2.21. The Labute approximate surface area is 102 Å². The molecular formula is C9H5BrN2O3S. The molecule has 0 aliphatic rings. The summed E-state index contributed by atoms with van der Waals surface area (Å²) in [4.78, 5) is 29.3. The number of rotatable bonds is 3. The zero-order chi connectivity index (χ0) is 11.7. The average molecular weight is 301 g/mol. The molecule has 5 nitrogen and oxygen atoms in total. The SMILES string of the molecule is O=C(c1ccc(Br)s1)c1nc[nH]c1C(=O)O. The topological polar surface area (TPSA) is 83.0 Å². The van der Waals surface area contributed by atoms with Crippen molar-refractivity contribution in [2.24, 2.45) is 0 Å². The molecule has 0 radical (unpaired) electrons. The number of hydrogen-bond donors (Lipinski definition) is 2. The lowest BCUT2D eigenvalue weighted by Crippen LogP contribution is -2.08. The van der Waals surface area contributed by atoms with Gasteiger partial charge in [0, 0.05) is 0 Å². The van der Waals surface area contributed by atoms with E-state index in [1.54, 1.807) is 12.1 Å². The van der Waals surface area contributed by atoms with Crippen LogP contribution in [0, 0.1) is 0 Å². The van der Waals surface area contributed by atoms with E-state index in [1.165, 1.54) is 17.7 Å². The first-order valence-corrected chi connectivity index (χ1v) is 5.77. The molecule has 2 N–H and O–H groups in total. The van der Waals surface area contributed by atoms with Crippen LogP contribution < -0.4 is 0 Å². The van der Waals surface area contributed by atoms with Gasteiger partial charge in [0.2, 0.25) is 5.78 Å². The van der Waals surface area contributed by atoms with Crippen LogP contribution in [-0.4, -0.2) is 26.8 Å². The molecule has 0 saturated carbocycles. The quantitative estimate of drug-likeness (QED) is 0.851. The van der Waals surface area contributed by atoms with E-state index in [-0.39, 0.29) is 11.4 Å². The fourth-order valence-electron chi connectivity index (χ4n) is 1.18. The van der Waals surface area contributed by atoms with Gasteiger partial charge in [0.05, 0.1) is 15.0 Å². The second-order valence-electron chi connectivity index (χ2n) is 2.86. The number of hydrogen-bond acceptors (Lipinski definition) is 4. The normalized spacial score (nSPS) is 10.3. The van der Waals surface area contributed by atoms with E-state index in [9.17, 15) is 9.59 Å². The van der Waals surface area contributed by atoms with E-state index < -0.39 is 11.8 Å². The number of ketones is 1. The van der Waals surface area contributed by atoms with Gasteiger partial charge in [-0.3, -0.25) is 4.79 Å². The number of thiophene rings is 1. The molecule has 82 valence electrons. The lowest BCUT2D eigenvalue weighted by Gasteiger charge is -1.94. The van der Waals surface area contributed by atoms with Crippen molar-refractivity contribution in [2.45, 2.75) is 0 Å². The fourth-order valence-corrected chi connectivity index (χ4v) is 2.51. The maximum absolute atomic E-state index is 11.9. The number of carbonyl (C=O) groups excluding carboxylic acids is 1. The second-order valence-corrected chi connectivity index (χ2v) is 5.33. The number of carboxylic acids is 1. The highest BCUT2D eigenvalue weighted by molar-refractivity contribution is 9.11. The molecule has 0 saturated heterocycles. The molecule has 2 aromatic heterocycles. The van der Waals surface area contributed by atoms with Crippen molar-refractivity contribution in [2.75, 3.05) is 0 Å². The third kappa shape index (κ3) is 1.91. The van der Waals surface area contributed by atoms with Gasteiger partial charge in [-0.05, 0) is 28.1 Å². The molecule has 0 fully saturated rings. The molecule has 0 spiro atoms. The van der Waals surface area contributed by atoms with Gasteiger partial charge in [-0.1, -0.05) is 0 Å². The molecule has 0 aliphatic heterocycles. The Hall–Kier alpha value is -1.47. The maximum atomic E-state index is 11.9. The van der Waals surface area contributed by atoms with Gasteiger partial charge in [-0.25, -0.2) is 9.78 Å². The van der Waals surface area contributed by atoms with Crippen molar-refractivity contribution in [3.05, 3.63) is 38.5 Å². The molecule has 0 aliphatic carbocycles. The third-order valence-corrected chi connectivity index (χ3v) is 3.49. The van der Waals surface area contributed by atoms with Gasteiger partial charge in [-0.2, -0.15) is 0 Å². The summed E-state index contributed by atoms with van der Waals surface area (Å²) in [5.74, 6) is -1.59. The van der Waals surface area contributed by atoms with Gasteiger partial charge in [0.25, 0.3) is 0 Å². The molecule has 2 heterocycles. The van der Waals surface area contributed by atoms with E-state index in [4.69, 9.17) is 5.11 Å². The first kappa shape index (κ1) is 11.0. The minimum absolute atomic E-state index is 0.0677. The van der Waals surface area contributed by atoms with Gasteiger partial charge in [0.1, 0.15) is 5.69 Å². The van der Waals surface area contributed by atoms with Crippen molar-refractivity contribution in [3.63, 3.8) is 0 Å². The third-order valence-electron chi connectivity index (χ3n) is 1.87. The Morgan fingerprint density at radius 2 is 2.19 bits per heavy atom. The lowest BCUT2D eigenvalue weighted by atomic mass is 10.2. The number of carbonyl (C=O) groups is 2. The van der Waals surface area contributed by atoms with Crippen LogP contribution in [0.2, 0.25) is 0 Å². The van der Waals surface area contributed by atoms with Crippen LogP contribution in [0.25, 0.3) is 0 Å². The molecule has 2 rings (SSSR count). The van der Waals surface area contributed by atoms with Crippen molar-refractivity contribution in [3.8, 4) is 0 Å². The number of carboxylic acid groups (broad SMARTS) is 1. The molecule has 0 atom stereocenters. The van der Waals surface area contributed by atoms with Gasteiger partial charge >= 0.3 is 5.97 Å². The number of imidazole rings is 1. The van der Waals surface area contributed by atoms with Crippen LogP contribution in [0.5, 0.6) is 0 Å². The zero-order valence-corrected chi connectivity index (χ0v) is 10.1. The van der Waals surface area contributed by atoms with Crippen LogP contribution in [0.4, 0.5) is 0 Å². The highest BCUT2D eigenvalue weighted by atomic mass is 79.9. The van der Waals surface area contributed by atoms with E-state index >= 15 is 0 Å². The number of halogens is 1. The van der Waals surface area contributed by atoms with Crippen molar-refractivity contribution in [1.82, 2.24) is 9.97 Å². The Morgan fingerprint density at radius 3 is 2.75 bits per heavy atom. The Morgan fingerprint density at radius 1 is 1.44 bits per heavy atom. The number of aromatic nitrogens is 2. The van der Waals surface area contributed by atoms with E-state index in [0.717, 1.165) is 3.79 Å². The predicted molar refractivity (Wildman–Crippen MR) is 61.0 cm³/mol. The molecule has 16 heavy (non-hydrogen) atoms. The monoisotopic (exact) mass is 300 g/mol. The number of H-pyrrole nitrogens is 1. The number of nitrogens with one attached hydrogen (secondary N) is 1. The van der Waals surface area contributed by atoms with Crippen molar-refractivity contribution < 1.29 is 14.7 Å². The van der Waals surface area contributed by atoms with E-state index in [1.807, 2.05) is 0 Å². The predicted octanol–water partition coefficient (Wildman–Crippen LogP) is 2.16. The molecule has 2 aromatic rings. The van der Waals surface area contributed by atoms with Crippen LogP contribution >= 0.6 is 27.3 Å². The van der Waals surface area contributed by atoms with Crippen LogP contribution in [0.3, 0.4) is 0 Å². The first-order valence-electron chi connectivity index (χ1n) is 4.16. The Kier molecular flexibility index (Phi) is 2.88. The van der Waals surface area contributed by atoms with E-state index in [2.05, 4.69) is 25.9 Å². The molecule has 0 amide bonds. The summed E-state index contributed by atoms with van der Waals surface area (Å²) in [6.07, 6.45) is 1.19. The minimum Gasteiger partial charge on any atom is -0.477 e. The fraction of sp³-hybridized carbons (Fsp3) is 0. The minimum atomic E-state index is -1.20. The maximum Gasteiger partial charge on any atom is 0.354 e. The summed E-state index contributed by atoms with van der Waals surface area (Å²) in [6.45, 7) is 0. The first-order chi connectivity index (χ1) is 7.59. The van der Waals surface area contributed by atoms with Crippen molar-refractivity contribution in [1.29, 1.82) is 0 Å². The van der Waals surface area contributed by atoms with Gasteiger partial charge in [0.15, 0.2) is 5.69 Å². The van der Waals surface area contributed by atoms with Crippen LogP contribution in [0.1, 0.15) is 25.9 Å². The highest BCUT2D eigenvalue weighted by Crippen LogP contribution is 2.24. The standard InChI is InChI=1S/C9H5BrN2O3S/c10-5-2-1-4(16-5)8(13)6-7(9(14)15)12-3-11-6/h1-3H,(H,11,12)(H,14,15). The van der Waals surface area contributed by atoms with Crippen LogP contribution in [-0.2, 0) is 0 Å². The number of aromatic amines is 1. The summed E-state index contributed by atoms with van der Waals surface area (Å²) in [7, 11) is 0. The summed E-state index contributed by atoms with van der Waals surface area (Å²) in [5, 5.41) is 8.83. The number of aromatic carboxylic acids is 1. The summed E-state index contributed by atoms with van der Waals surface area (Å²) >= 11 is 4.47. The molecular weight excluding hydrogens is 296 g/mol. The van der Waals surface area contributed by atoms with Crippen LogP contribution in [0.15, 0.2) is 22.2 Å². The molecule has 0 unspecified atom stereocenters. The van der Waals surface area contributed by atoms with E-state index in [0.29, 0.717) is 4.88 Å². The summed E-state index contributed by atoms with van der Waals surface area (Å²) < 4.78 is 0.809. The summed E-state index contributed by atoms with van der Waals surface area (Å²) in [6, 6.07) is 3.35.